The zero-order chi connectivity index (χ0) is 18.0. The maximum absolute atomic E-state index is 13.7. The molecule has 2 aromatic rings. The van der Waals surface area contributed by atoms with E-state index in [0.29, 0.717) is 37.1 Å². The zero-order valence-corrected chi connectivity index (χ0v) is 14.3. The maximum Gasteiger partial charge on any atom is 0.256 e. The first-order chi connectivity index (χ1) is 11.9. The number of likely N-dealkylation sites (tertiary alicyclic amines) is 1. The molecule has 2 heterocycles. The number of benzene rings is 1. The monoisotopic (exact) mass is 366 g/mol. The van der Waals surface area contributed by atoms with Crippen molar-refractivity contribution >= 4 is 28.3 Å². The van der Waals surface area contributed by atoms with Crippen molar-refractivity contribution in [2.75, 3.05) is 18.4 Å². The van der Waals surface area contributed by atoms with E-state index in [2.05, 4.69) is 15.5 Å². The average molecular weight is 366 g/mol. The van der Waals surface area contributed by atoms with Crippen molar-refractivity contribution in [3.05, 3.63) is 40.4 Å². The number of amides is 2. The lowest BCUT2D eigenvalue weighted by atomic mass is 9.95. The van der Waals surface area contributed by atoms with E-state index in [-0.39, 0.29) is 17.4 Å². The number of halogens is 2. The van der Waals surface area contributed by atoms with Gasteiger partial charge in [-0.15, -0.1) is 10.2 Å². The van der Waals surface area contributed by atoms with Crippen LogP contribution >= 0.6 is 11.3 Å². The number of rotatable bonds is 3. The van der Waals surface area contributed by atoms with E-state index >= 15 is 0 Å². The van der Waals surface area contributed by atoms with E-state index in [1.807, 2.05) is 0 Å². The minimum Gasteiger partial charge on any atom is -0.339 e. The lowest BCUT2D eigenvalue weighted by Crippen LogP contribution is -2.41. The van der Waals surface area contributed by atoms with E-state index in [4.69, 9.17) is 0 Å². The fourth-order valence-corrected chi connectivity index (χ4v) is 3.33. The van der Waals surface area contributed by atoms with E-state index in [9.17, 15) is 18.4 Å². The van der Waals surface area contributed by atoms with Crippen molar-refractivity contribution < 1.29 is 18.4 Å². The number of hydrogen-bond acceptors (Lipinski definition) is 5. The van der Waals surface area contributed by atoms with Crippen LogP contribution in [0.1, 0.15) is 28.2 Å². The number of nitrogens with zero attached hydrogens (tertiary/aromatic N) is 3. The summed E-state index contributed by atoms with van der Waals surface area (Å²) in [7, 11) is 0. The second kappa shape index (κ2) is 7.22. The molecule has 1 aromatic heterocycles. The van der Waals surface area contributed by atoms with Crippen molar-refractivity contribution in [1.29, 1.82) is 0 Å². The molecule has 0 radical (unpaired) electrons. The van der Waals surface area contributed by atoms with Gasteiger partial charge in [-0.05, 0) is 31.9 Å². The number of nitrogens with one attached hydrogen (secondary N) is 1. The van der Waals surface area contributed by atoms with Crippen LogP contribution in [0.5, 0.6) is 0 Å². The number of carbonyl (C=O) groups is 2. The number of carbonyl (C=O) groups excluding carboxylic acids is 2. The van der Waals surface area contributed by atoms with Gasteiger partial charge in [0.15, 0.2) is 0 Å². The summed E-state index contributed by atoms with van der Waals surface area (Å²) in [6, 6.07) is 2.89. The lowest BCUT2D eigenvalue weighted by Gasteiger charge is -2.31. The second-order valence-corrected chi connectivity index (χ2v) is 6.99. The molecule has 0 atom stereocenters. The Hall–Kier alpha value is -2.42. The molecule has 9 heteroatoms. The molecule has 2 amide bonds. The predicted octanol–water partition coefficient (Wildman–Crippen LogP) is 2.62. The normalized spacial score (nSPS) is 15.2. The Balaban J connectivity index is 1.57. The highest BCUT2D eigenvalue weighted by Crippen LogP contribution is 2.23. The standard InChI is InChI=1S/C16H16F2N4O2S/c1-9-20-21-16(25-9)19-14(23)10-4-6-22(7-5-10)15(24)12-3-2-11(17)8-13(12)18/h2-3,8,10H,4-7H2,1H3,(H,19,21,23). The summed E-state index contributed by atoms with van der Waals surface area (Å²) in [5, 5.41) is 11.6. The van der Waals surface area contributed by atoms with E-state index in [0.717, 1.165) is 17.1 Å². The van der Waals surface area contributed by atoms with Crippen LogP contribution in [-0.2, 0) is 4.79 Å². The molecule has 0 saturated carbocycles. The molecule has 6 nitrogen and oxygen atoms in total. The third-order valence-electron chi connectivity index (χ3n) is 4.07. The highest BCUT2D eigenvalue weighted by Gasteiger charge is 2.29. The Morgan fingerprint density at radius 3 is 2.56 bits per heavy atom. The van der Waals surface area contributed by atoms with Gasteiger partial charge in [0.1, 0.15) is 16.6 Å². The fourth-order valence-electron chi connectivity index (χ4n) is 2.73. The van der Waals surface area contributed by atoms with Crippen molar-refractivity contribution in [2.24, 2.45) is 5.92 Å². The Morgan fingerprint density at radius 1 is 1.24 bits per heavy atom. The van der Waals surface area contributed by atoms with Gasteiger partial charge in [0.05, 0.1) is 5.56 Å². The maximum atomic E-state index is 13.7. The van der Waals surface area contributed by atoms with Crippen LogP contribution in [0.15, 0.2) is 18.2 Å². The first kappa shape index (κ1) is 17.4. The van der Waals surface area contributed by atoms with Gasteiger partial charge in [-0.2, -0.15) is 0 Å². The lowest BCUT2D eigenvalue weighted by molar-refractivity contribution is -0.121. The van der Waals surface area contributed by atoms with Crippen LogP contribution in [0, 0.1) is 24.5 Å². The summed E-state index contributed by atoms with van der Waals surface area (Å²) in [6.07, 6.45) is 0.941. The third-order valence-corrected chi connectivity index (χ3v) is 4.82. The van der Waals surface area contributed by atoms with Gasteiger partial charge in [0.2, 0.25) is 11.0 Å². The van der Waals surface area contributed by atoms with Crippen LogP contribution in [-0.4, -0.2) is 40.0 Å². The molecule has 1 fully saturated rings. The van der Waals surface area contributed by atoms with Crippen LogP contribution in [0.25, 0.3) is 0 Å². The Morgan fingerprint density at radius 2 is 1.96 bits per heavy atom. The minimum atomic E-state index is -0.878. The largest absolute Gasteiger partial charge is 0.339 e. The molecule has 1 aromatic carbocycles. The number of piperidine rings is 1. The van der Waals surface area contributed by atoms with Gasteiger partial charge in [0.25, 0.3) is 5.91 Å². The second-order valence-electron chi connectivity index (χ2n) is 5.81. The summed E-state index contributed by atoms with van der Waals surface area (Å²) in [4.78, 5) is 26.1. The number of aryl methyl sites for hydroxylation is 1. The summed E-state index contributed by atoms with van der Waals surface area (Å²) in [5.74, 6) is -2.49. The summed E-state index contributed by atoms with van der Waals surface area (Å²) in [5.41, 5.74) is -0.159. The first-order valence-corrected chi connectivity index (χ1v) is 8.61. The molecule has 0 bridgehead atoms. The quantitative estimate of drug-likeness (QED) is 0.906. The minimum absolute atomic E-state index is 0.156. The van der Waals surface area contributed by atoms with Crippen LogP contribution < -0.4 is 5.32 Å². The van der Waals surface area contributed by atoms with Crippen LogP contribution in [0.3, 0.4) is 0 Å². The fraction of sp³-hybridized carbons (Fsp3) is 0.375. The molecule has 1 aliphatic heterocycles. The SMILES string of the molecule is Cc1nnc(NC(=O)C2CCN(C(=O)c3ccc(F)cc3F)CC2)s1. The van der Waals surface area contributed by atoms with E-state index in [1.165, 1.54) is 16.2 Å². The Labute approximate surface area is 146 Å². The van der Waals surface area contributed by atoms with Gasteiger partial charge in [-0.3, -0.25) is 9.59 Å². The molecular formula is C16H16F2N4O2S. The van der Waals surface area contributed by atoms with E-state index in [1.54, 1.807) is 6.92 Å². The topological polar surface area (TPSA) is 75.2 Å². The van der Waals surface area contributed by atoms with E-state index < -0.39 is 17.5 Å². The van der Waals surface area contributed by atoms with Crippen molar-refractivity contribution in [1.82, 2.24) is 15.1 Å². The Kier molecular flexibility index (Phi) is 5.03. The summed E-state index contributed by atoms with van der Waals surface area (Å²) >= 11 is 1.29. The van der Waals surface area contributed by atoms with Gasteiger partial charge < -0.3 is 10.2 Å². The van der Waals surface area contributed by atoms with Gasteiger partial charge in [-0.25, -0.2) is 8.78 Å². The molecule has 1 aliphatic rings. The first-order valence-electron chi connectivity index (χ1n) is 7.79. The predicted molar refractivity (Wildman–Crippen MR) is 88.3 cm³/mol. The highest BCUT2D eigenvalue weighted by molar-refractivity contribution is 7.15. The smallest absolute Gasteiger partial charge is 0.256 e. The molecule has 1 N–H and O–H groups in total. The summed E-state index contributed by atoms with van der Waals surface area (Å²) < 4.78 is 26.7. The molecule has 132 valence electrons. The molecule has 0 aliphatic carbocycles. The van der Waals surface area contributed by atoms with Crippen LogP contribution in [0.4, 0.5) is 13.9 Å². The molecular weight excluding hydrogens is 350 g/mol. The van der Waals surface area contributed by atoms with Crippen molar-refractivity contribution in [2.45, 2.75) is 19.8 Å². The molecule has 1 saturated heterocycles. The zero-order valence-electron chi connectivity index (χ0n) is 13.5. The molecule has 0 unspecified atom stereocenters. The van der Waals surface area contributed by atoms with Gasteiger partial charge in [0, 0.05) is 25.1 Å². The van der Waals surface area contributed by atoms with Crippen LogP contribution in [0.2, 0.25) is 0 Å². The highest BCUT2D eigenvalue weighted by atomic mass is 32.1. The van der Waals surface area contributed by atoms with Crippen molar-refractivity contribution in [3.63, 3.8) is 0 Å². The number of aromatic nitrogens is 2. The summed E-state index contributed by atoms with van der Waals surface area (Å²) in [6.45, 7) is 2.47. The molecule has 3 rings (SSSR count). The number of hydrogen-bond donors (Lipinski definition) is 1. The number of anilines is 1. The molecule has 0 spiro atoms. The Bertz CT molecular complexity index is 803. The van der Waals surface area contributed by atoms with Gasteiger partial charge in [-0.1, -0.05) is 11.3 Å². The third kappa shape index (κ3) is 3.98. The average Bonchev–Trinajstić information content (AvgIpc) is 2.99. The van der Waals surface area contributed by atoms with Gasteiger partial charge >= 0.3 is 0 Å². The van der Waals surface area contributed by atoms with Crippen molar-refractivity contribution in [3.8, 4) is 0 Å². The molecule has 25 heavy (non-hydrogen) atoms.